The molecule has 90 valence electrons. The predicted molar refractivity (Wildman–Crippen MR) is 60.8 cm³/mol. The van der Waals surface area contributed by atoms with Gasteiger partial charge in [0.2, 0.25) is 0 Å². The Hall–Kier alpha value is -0.940. The highest BCUT2D eigenvalue weighted by molar-refractivity contribution is 4.88. The zero-order valence-electron chi connectivity index (χ0n) is 10.0. The topological polar surface area (TPSA) is 54.2 Å². The van der Waals surface area contributed by atoms with E-state index in [1.165, 1.54) is 0 Å². The second kappa shape index (κ2) is 4.93. The third-order valence-electron chi connectivity index (χ3n) is 3.35. The van der Waals surface area contributed by atoms with Crippen molar-refractivity contribution in [1.82, 2.24) is 19.7 Å². The fourth-order valence-electron chi connectivity index (χ4n) is 2.27. The van der Waals surface area contributed by atoms with Gasteiger partial charge in [0.1, 0.15) is 12.2 Å². The van der Waals surface area contributed by atoms with Crippen LogP contribution in [0.2, 0.25) is 0 Å². The van der Waals surface area contributed by atoms with E-state index in [4.69, 9.17) is 0 Å². The number of rotatable bonds is 4. The number of aliphatic hydroxyl groups excluding tert-OH is 1. The lowest BCUT2D eigenvalue weighted by atomic mass is 10.0. The molecule has 2 atom stereocenters. The summed E-state index contributed by atoms with van der Waals surface area (Å²) in [5.74, 6) is 1.44. The van der Waals surface area contributed by atoms with Crippen molar-refractivity contribution in [2.45, 2.75) is 39.5 Å². The van der Waals surface area contributed by atoms with Crippen molar-refractivity contribution >= 4 is 0 Å². The highest BCUT2D eigenvalue weighted by atomic mass is 16.3. The van der Waals surface area contributed by atoms with Crippen molar-refractivity contribution in [3.8, 4) is 0 Å². The van der Waals surface area contributed by atoms with Crippen LogP contribution in [0.5, 0.6) is 0 Å². The van der Waals surface area contributed by atoms with E-state index in [1.54, 1.807) is 6.33 Å². The Morgan fingerprint density at radius 1 is 1.62 bits per heavy atom. The first kappa shape index (κ1) is 11.5. The van der Waals surface area contributed by atoms with Gasteiger partial charge in [0, 0.05) is 13.1 Å². The molecule has 5 nitrogen and oxygen atoms in total. The van der Waals surface area contributed by atoms with Crippen molar-refractivity contribution in [1.29, 1.82) is 0 Å². The van der Waals surface area contributed by atoms with Crippen LogP contribution in [0, 0.1) is 5.92 Å². The van der Waals surface area contributed by atoms with Crippen LogP contribution in [0.15, 0.2) is 6.33 Å². The van der Waals surface area contributed by atoms with E-state index in [-0.39, 0.29) is 6.10 Å². The van der Waals surface area contributed by atoms with Crippen molar-refractivity contribution in [2.75, 3.05) is 13.1 Å². The largest absolute Gasteiger partial charge is 0.393 e. The van der Waals surface area contributed by atoms with Gasteiger partial charge < -0.3 is 5.11 Å². The van der Waals surface area contributed by atoms with Gasteiger partial charge in [0.25, 0.3) is 0 Å². The molecule has 0 aromatic carbocycles. The number of hydrogen-bond acceptors (Lipinski definition) is 4. The number of aliphatic hydroxyl groups is 1. The third kappa shape index (κ3) is 2.41. The Bertz CT molecular complexity index is 336. The maximum absolute atomic E-state index is 9.54. The molecule has 0 radical (unpaired) electrons. The molecule has 0 saturated carbocycles. The van der Waals surface area contributed by atoms with E-state index >= 15 is 0 Å². The summed E-state index contributed by atoms with van der Waals surface area (Å²) in [5.41, 5.74) is 0. The fourth-order valence-corrected chi connectivity index (χ4v) is 2.27. The van der Waals surface area contributed by atoms with Gasteiger partial charge >= 0.3 is 0 Å². The molecule has 1 N–H and O–H groups in total. The minimum atomic E-state index is -0.200. The first-order valence-electron chi connectivity index (χ1n) is 5.97. The molecule has 1 aromatic heterocycles. The normalized spacial score (nSPS) is 23.8. The summed E-state index contributed by atoms with van der Waals surface area (Å²) in [6.07, 6.45) is 2.49. The predicted octanol–water partition coefficient (Wildman–Crippen LogP) is 0.501. The van der Waals surface area contributed by atoms with E-state index in [9.17, 15) is 5.11 Å². The lowest BCUT2D eigenvalue weighted by Crippen LogP contribution is -2.25. The molecule has 2 unspecified atom stereocenters. The van der Waals surface area contributed by atoms with Crippen LogP contribution in [0.1, 0.15) is 26.1 Å². The smallest absolute Gasteiger partial charge is 0.140 e. The quantitative estimate of drug-likeness (QED) is 0.809. The fraction of sp³-hybridized carbons (Fsp3) is 0.818. The lowest BCUT2D eigenvalue weighted by molar-refractivity contribution is 0.126. The van der Waals surface area contributed by atoms with Crippen LogP contribution >= 0.6 is 0 Å². The average molecular weight is 224 g/mol. The Morgan fingerprint density at radius 2 is 2.44 bits per heavy atom. The van der Waals surface area contributed by atoms with E-state index in [1.807, 2.05) is 11.6 Å². The standard InChI is InChI=1S/C11H20N4O/c1-3-15-11(12-8-13-15)7-14-5-4-10(6-14)9(2)16/h8-10,16H,3-7H2,1-2H3. The van der Waals surface area contributed by atoms with Crippen molar-refractivity contribution in [3.05, 3.63) is 12.2 Å². The molecule has 0 spiro atoms. The number of aromatic nitrogens is 3. The van der Waals surface area contributed by atoms with Crippen LogP contribution in [0.25, 0.3) is 0 Å². The molecule has 1 saturated heterocycles. The van der Waals surface area contributed by atoms with Crippen molar-refractivity contribution in [2.24, 2.45) is 5.92 Å². The molecule has 5 heteroatoms. The van der Waals surface area contributed by atoms with E-state index in [0.29, 0.717) is 5.92 Å². The first-order valence-corrected chi connectivity index (χ1v) is 5.97. The van der Waals surface area contributed by atoms with Gasteiger partial charge in [-0.2, -0.15) is 5.10 Å². The molecule has 1 fully saturated rings. The molecule has 1 aliphatic rings. The molecule has 1 aliphatic heterocycles. The summed E-state index contributed by atoms with van der Waals surface area (Å²) >= 11 is 0. The molecule has 0 bridgehead atoms. The summed E-state index contributed by atoms with van der Waals surface area (Å²) < 4.78 is 1.93. The van der Waals surface area contributed by atoms with Crippen LogP contribution in [0.4, 0.5) is 0 Å². The SMILES string of the molecule is CCn1ncnc1CN1CCC(C(C)O)C1. The number of aryl methyl sites for hydroxylation is 1. The summed E-state index contributed by atoms with van der Waals surface area (Å²) in [6, 6.07) is 0. The number of likely N-dealkylation sites (tertiary alicyclic amines) is 1. The van der Waals surface area contributed by atoms with Gasteiger partial charge in [-0.15, -0.1) is 0 Å². The highest BCUT2D eigenvalue weighted by Gasteiger charge is 2.26. The Kier molecular flexibility index (Phi) is 3.56. The zero-order chi connectivity index (χ0) is 11.5. The molecule has 0 aliphatic carbocycles. The van der Waals surface area contributed by atoms with Crippen LogP contribution < -0.4 is 0 Å². The summed E-state index contributed by atoms with van der Waals surface area (Å²) in [5, 5.41) is 13.7. The minimum Gasteiger partial charge on any atom is -0.393 e. The molecular weight excluding hydrogens is 204 g/mol. The minimum absolute atomic E-state index is 0.200. The Labute approximate surface area is 96.1 Å². The molecule has 16 heavy (non-hydrogen) atoms. The van der Waals surface area contributed by atoms with E-state index in [0.717, 1.165) is 38.4 Å². The van der Waals surface area contributed by atoms with E-state index < -0.39 is 0 Å². The maximum Gasteiger partial charge on any atom is 0.140 e. The van der Waals surface area contributed by atoms with Crippen molar-refractivity contribution < 1.29 is 5.11 Å². The summed E-state index contributed by atoms with van der Waals surface area (Å²) in [7, 11) is 0. The molecule has 0 amide bonds. The second-order valence-electron chi connectivity index (χ2n) is 4.52. The highest BCUT2D eigenvalue weighted by Crippen LogP contribution is 2.20. The number of hydrogen-bond donors (Lipinski definition) is 1. The van der Waals surface area contributed by atoms with Crippen molar-refractivity contribution in [3.63, 3.8) is 0 Å². The van der Waals surface area contributed by atoms with E-state index in [2.05, 4.69) is 21.9 Å². The van der Waals surface area contributed by atoms with Gasteiger partial charge in [0.15, 0.2) is 0 Å². The Balaban J connectivity index is 1.92. The van der Waals surface area contributed by atoms with Gasteiger partial charge in [-0.1, -0.05) is 0 Å². The zero-order valence-corrected chi connectivity index (χ0v) is 10.0. The monoisotopic (exact) mass is 224 g/mol. The van der Waals surface area contributed by atoms with Crippen LogP contribution in [-0.2, 0) is 13.1 Å². The molecule has 2 heterocycles. The molecule has 2 rings (SSSR count). The molecular formula is C11H20N4O. The average Bonchev–Trinajstić information content (AvgIpc) is 2.87. The van der Waals surface area contributed by atoms with Gasteiger partial charge in [0.05, 0.1) is 12.6 Å². The first-order chi connectivity index (χ1) is 7.70. The van der Waals surface area contributed by atoms with Crippen LogP contribution in [0.3, 0.4) is 0 Å². The maximum atomic E-state index is 9.54. The Morgan fingerprint density at radius 3 is 3.06 bits per heavy atom. The molecule has 1 aromatic rings. The summed E-state index contributed by atoms with van der Waals surface area (Å²) in [4.78, 5) is 6.61. The van der Waals surface area contributed by atoms with Crippen LogP contribution in [-0.4, -0.2) is 44.0 Å². The lowest BCUT2D eigenvalue weighted by Gasteiger charge is -2.16. The third-order valence-corrected chi connectivity index (χ3v) is 3.35. The van der Waals surface area contributed by atoms with Gasteiger partial charge in [-0.05, 0) is 32.7 Å². The van der Waals surface area contributed by atoms with Gasteiger partial charge in [-0.25, -0.2) is 9.67 Å². The van der Waals surface area contributed by atoms with Gasteiger partial charge in [-0.3, -0.25) is 4.90 Å². The summed E-state index contributed by atoms with van der Waals surface area (Å²) in [6.45, 7) is 7.67. The number of nitrogens with zero attached hydrogens (tertiary/aromatic N) is 4. The second-order valence-corrected chi connectivity index (χ2v) is 4.52.